The Bertz CT molecular complexity index is 1010. The van der Waals surface area contributed by atoms with Gasteiger partial charge in [-0.05, 0) is 25.0 Å². The fourth-order valence-electron chi connectivity index (χ4n) is 2.80. The Hall–Kier alpha value is -2.69. The number of hydrazine groups is 1. The van der Waals surface area contributed by atoms with E-state index in [2.05, 4.69) is 15.5 Å². The van der Waals surface area contributed by atoms with Crippen molar-refractivity contribution in [3.63, 3.8) is 0 Å². The van der Waals surface area contributed by atoms with Gasteiger partial charge in [0, 0.05) is 13.1 Å². The fraction of sp³-hybridized carbons (Fsp3) is 0.400. The molecule has 1 aliphatic heterocycles. The van der Waals surface area contributed by atoms with Gasteiger partial charge in [0.2, 0.25) is 0 Å². The van der Waals surface area contributed by atoms with Gasteiger partial charge in [0.05, 0.1) is 6.20 Å². The summed E-state index contributed by atoms with van der Waals surface area (Å²) in [5.74, 6) is -0.372. The molecular formula is C15H15F3N6O3S. The number of piperidine rings is 1. The fourth-order valence-corrected chi connectivity index (χ4v) is 3.22. The van der Waals surface area contributed by atoms with Crippen LogP contribution in [0.1, 0.15) is 30.5 Å². The Balaban J connectivity index is 2.10. The zero-order valence-electron chi connectivity index (χ0n) is 14.3. The minimum atomic E-state index is -4.87. The quantitative estimate of drug-likeness (QED) is 0.727. The monoisotopic (exact) mass is 416 g/mol. The van der Waals surface area contributed by atoms with Crippen LogP contribution in [-0.4, -0.2) is 45.8 Å². The van der Waals surface area contributed by atoms with E-state index in [0.717, 1.165) is 42.3 Å². The molecule has 2 aromatic heterocycles. The molecule has 3 heterocycles. The second-order valence-corrected chi connectivity index (χ2v) is 7.50. The summed E-state index contributed by atoms with van der Waals surface area (Å²) in [6.07, 6.45) is -1.40. The molecule has 9 nitrogen and oxygen atoms in total. The van der Waals surface area contributed by atoms with Crippen LogP contribution in [0.3, 0.4) is 0 Å². The highest BCUT2D eigenvalue weighted by Gasteiger charge is 2.40. The van der Waals surface area contributed by atoms with Crippen LogP contribution in [0.4, 0.5) is 19.0 Å². The molecule has 1 fully saturated rings. The first-order chi connectivity index (χ1) is 13.1. The summed E-state index contributed by atoms with van der Waals surface area (Å²) in [5.41, 5.74) is 0.733. The van der Waals surface area contributed by atoms with E-state index in [-0.39, 0.29) is 11.6 Å². The second kappa shape index (κ2) is 7.38. The third-order valence-corrected chi connectivity index (χ3v) is 4.96. The van der Waals surface area contributed by atoms with E-state index in [9.17, 15) is 26.9 Å². The van der Waals surface area contributed by atoms with Crippen molar-refractivity contribution in [1.29, 1.82) is 5.26 Å². The third-order valence-electron chi connectivity index (χ3n) is 4.12. The molecule has 2 N–H and O–H groups in total. The summed E-state index contributed by atoms with van der Waals surface area (Å²) in [7, 11) is -4.51. The molecule has 0 aromatic carbocycles. The lowest BCUT2D eigenvalue weighted by molar-refractivity contribution is -0.141. The van der Waals surface area contributed by atoms with E-state index in [4.69, 9.17) is 4.55 Å². The number of aromatic nitrogens is 3. The summed E-state index contributed by atoms with van der Waals surface area (Å²) in [6.45, 7) is 1.15. The van der Waals surface area contributed by atoms with Crippen LogP contribution in [0.2, 0.25) is 0 Å². The number of halogens is 3. The number of nitriles is 1. The lowest BCUT2D eigenvalue weighted by Gasteiger charge is -2.28. The van der Waals surface area contributed by atoms with Gasteiger partial charge in [0.25, 0.3) is 10.1 Å². The SMILES string of the molecule is N#Cc1c(C(F)(F)F)nn(-c2ccc(S(=O)(=O)O)cn2)c1NN1CCCCC1. The number of hydrogen-bond donors (Lipinski definition) is 2. The first-order valence-corrected chi connectivity index (χ1v) is 9.61. The Kier molecular flexibility index (Phi) is 5.28. The van der Waals surface area contributed by atoms with Crippen LogP contribution in [0, 0.1) is 11.3 Å². The third kappa shape index (κ3) is 4.08. The van der Waals surface area contributed by atoms with Crippen molar-refractivity contribution in [3.05, 3.63) is 29.6 Å². The molecular weight excluding hydrogens is 401 g/mol. The molecule has 0 saturated carbocycles. The van der Waals surface area contributed by atoms with Crippen LogP contribution >= 0.6 is 0 Å². The van der Waals surface area contributed by atoms with E-state index < -0.39 is 32.4 Å². The molecule has 0 unspecified atom stereocenters. The van der Waals surface area contributed by atoms with Crippen molar-refractivity contribution in [1.82, 2.24) is 19.8 Å². The topological polar surface area (TPSA) is 124 Å². The minimum Gasteiger partial charge on any atom is -0.302 e. The maximum Gasteiger partial charge on any atom is 0.436 e. The van der Waals surface area contributed by atoms with Crippen molar-refractivity contribution in [2.75, 3.05) is 18.5 Å². The Morgan fingerprint density at radius 2 is 1.89 bits per heavy atom. The van der Waals surface area contributed by atoms with Crippen molar-refractivity contribution in [3.8, 4) is 11.9 Å². The molecule has 1 saturated heterocycles. The predicted molar refractivity (Wildman–Crippen MR) is 89.9 cm³/mol. The highest BCUT2D eigenvalue weighted by molar-refractivity contribution is 7.85. The Morgan fingerprint density at radius 3 is 2.39 bits per heavy atom. The molecule has 0 spiro atoms. The molecule has 0 atom stereocenters. The van der Waals surface area contributed by atoms with E-state index in [0.29, 0.717) is 13.1 Å². The number of alkyl halides is 3. The van der Waals surface area contributed by atoms with Gasteiger partial charge in [-0.2, -0.15) is 36.6 Å². The van der Waals surface area contributed by atoms with Gasteiger partial charge >= 0.3 is 6.18 Å². The molecule has 0 aliphatic carbocycles. The number of rotatable bonds is 4. The lowest BCUT2D eigenvalue weighted by Crippen LogP contribution is -2.36. The van der Waals surface area contributed by atoms with Gasteiger partial charge in [0.15, 0.2) is 17.3 Å². The van der Waals surface area contributed by atoms with Gasteiger partial charge in [-0.25, -0.2) is 9.99 Å². The van der Waals surface area contributed by atoms with E-state index in [1.54, 1.807) is 5.01 Å². The summed E-state index contributed by atoms with van der Waals surface area (Å²) < 4.78 is 72.1. The number of hydrogen-bond acceptors (Lipinski definition) is 7. The average Bonchev–Trinajstić information content (AvgIpc) is 3.00. The van der Waals surface area contributed by atoms with Gasteiger partial charge in [-0.15, -0.1) is 0 Å². The predicted octanol–water partition coefficient (Wildman–Crippen LogP) is 2.22. The largest absolute Gasteiger partial charge is 0.436 e. The zero-order valence-corrected chi connectivity index (χ0v) is 15.1. The van der Waals surface area contributed by atoms with Crippen molar-refractivity contribution < 1.29 is 26.1 Å². The molecule has 28 heavy (non-hydrogen) atoms. The standard InChI is InChI=1S/C15H15F3N6O3S/c16-15(17,18)13-11(8-19)14(22-23-6-2-1-3-7-23)24(21-13)12-5-4-10(9-20-12)28(25,26)27/h4-5,9,22H,1-3,6-7H2,(H,25,26,27). The average molecular weight is 416 g/mol. The first kappa shape index (κ1) is 20.1. The van der Waals surface area contributed by atoms with Crippen LogP contribution in [0.25, 0.3) is 5.82 Å². The second-order valence-electron chi connectivity index (χ2n) is 6.08. The van der Waals surface area contributed by atoms with Crippen molar-refractivity contribution >= 4 is 15.9 Å². The lowest BCUT2D eigenvalue weighted by atomic mass is 10.2. The van der Waals surface area contributed by atoms with Crippen LogP contribution in [-0.2, 0) is 16.3 Å². The number of pyridine rings is 1. The van der Waals surface area contributed by atoms with Crippen molar-refractivity contribution in [2.45, 2.75) is 30.3 Å². The molecule has 0 amide bonds. The molecule has 2 aromatic rings. The Labute approximate surface area is 158 Å². The Morgan fingerprint density at radius 1 is 1.21 bits per heavy atom. The van der Waals surface area contributed by atoms with Gasteiger partial charge < -0.3 is 5.43 Å². The summed E-state index contributed by atoms with van der Waals surface area (Å²) in [4.78, 5) is 3.24. The smallest absolute Gasteiger partial charge is 0.302 e. The van der Waals surface area contributed by atoms with E-state index in [1.165, 1.54) is 6.07 Å². The van der Waals surface area contributed by atoms with Gasteiger partial charge in [0.1, 0.15) is 16.5 Å². The number of nitrogens with one attached hydrogen (secondary N) is 1. The minimum absolute atomic E-state index is 0.154. The molecule has 3 rings (SSSR count). The summed E-state index contributed by atoms with van der Waals surface area (Å²) >= 11 is 0. The van der Waals surface area contributed by atoms with E-state index >= 15 is 0 Å². The first-order valence-electron chi connectivity index (χ1n) is 8.17. The highest BCUT2D eigenvalue weighted by Crippen LogP contribution is 2.35. The highest BCUT2D eigenvalue weighted by atomic mass is 32.2. The van der Waals surface area contributed by atoms with Crippen LogP contribution in [0.15, 0.2) is 23.2 Å². The van der Waals surface area contributed by atoms with Crippen molar-refractivity contribution in [2.24, 2.45) is 0 Å². The normalized spacial score (nSPS) is 16.0. The van der Waals surface area contributed by atoms with Crippen LogP contribution < -0.4 is 5.43 Å². The molecule has 150 valence electrons. The molecule has 1 aliphatic rings. The molecule has 0 radical (unpaired) electrons. The number of nitrogens with zero attached hydrogens (tertiary/aromatic N) is 5. The maximum absolute atomic E-state index is 13.3. The summed E-state index contributed by atoms with van der Waals surface area (Å²) in [5, 5.41) is 14.5. The van der Waals surface area contributed by atoms with Gasteiger partial charge in [-0.3, -0.25) is 4.55 Å². The van der Waals surface area contributed by atoms with E-state index in [1.807, 2.05) is 0 Å². The zero-order chi connectivity index (χ0) is 20.5. The maximum atomic E-state index is 13.3. The summed E-state index contributed by atoms with van der Waals surface area (Å²) in [6, 6.07) is 3.59. The number of anilines is 1. The van der Waals surface area contributed by atoms with Gasteiger partial charge in [-0.1, -0.05) is 6.42 Å². The molecule has 13 heteroatoms. The van der Waals surface area contributed by atoms with Crippen LogP contribution in [0.5, 0.6) is 0 Å². The molecule has 0 bridgehead atoms.